The Morgan fingerprint density at radius 2 is 1.61 bits per heavy atom. The summed E-state index contributed by atoms with van der Waals surface area (Å²) in [5, 5.41) is 2.50. The zero-order chi connectivity index (χ0) is 20.8. The number of nitrogens with one attached hydrogen (secondary N) is 1. The summed E-state index contributed by atoms with van der Waals surface area (Å²) >= 11 is 0. The van der Waals surface area contributed by atoms with Gasteiger partial charge < -0.3 is 20.5 Å². The van der Waals surface area contributed by atoms with Gasteiger partial charge in [-0.15, -0.1) is 13.2 Å². The molecule has 0 bridgehead atoms. The van der Waals surface area contributed by atoms with Crippen molar-refractivity contribution in [3.05, 3.63) is 54.1 Å². The minimum Gasteiger partial charge on any atom is -0.484 e. The van der Waals surface area contributed by atoms with Crippen LogP contribution in [-0.4, -0.2) is 25.1 Å². The van der Waals surface area contributed by atoms with Crippen LogP contribution in [0.25, 0.3) is 0 Å². The van der Waals surface area contributed by atoms with Gasteiger partial charge in [0.15, 0.2) is 18.3 Å². The Balaban J connectivity index is 1.96. The van der Waals surface area contributed by atoms with Crippen molar-refractivity contribution in [1.29, 1.82) is 0 Å². The Labute approximate surface area is 155 Å². The normalized spacial score (nSPS) is 12.6. The molecule has 2 rings (SSSR count). The molecular formula is C17H15F6N3O2. The van der Waals surface area contributed by atoms with Gasteiger partial charge in [0.05, 0.1) is 12.2 Å². The van der Waals surface area contributed by atoms with Gasteiger partial charge in [-0.05, 0) is 29.8 Å². The molecule has 0 radical (unpaired) electrons. The number of rotatable bonds is 6. The third kappa shape index (κ3) is 7.64. The quantitative estimate of drug-likeness (QED) is 0.422. The first-order valence-electron chi connectivity index (χ1n) is 7.72. The van der Waals surface area contributed by atoms with Gasteiger partial charge in [0.1, 0.15) is 5.75 Å². The molecule has 0 saturated heterocycles. The summed E-state index contributed by atoms with van der Waals surface area (Å²) < 4.78 is 81.9. The van der Waals surface area contributed by atoms with Crippen molar-refractivity contribution >= 4 is 11.6 Å². The lowest BCUT2D eigenvalue weighted by Crippen LogP contribution is -2.24. The first kappa shape index (κ1) is 21.2. The first-order chi connectivity index (χ1) is 13.0. The highest BCUT2D eigenvalue weighted by Gasteiger charge is 2.32. The van der Waals surface area contributed by atoms with Crippen molar-refractivity contribution in [3.8, 4) is 11.5 Å². The average molecular weight is 407 g/mol. The molecule has 0 spiro atoms. The molecule has 2 aromatic carbocycles. The van der Waals surface area contributed by atoms with Crippen LogP contribution in [0.1, 0.15) is 5.56 Å². The number of hydrogen-bond donors (Lipinski definition) is 2. The van der Waals surface area contributed by atoms with Crippen molar-refractivity contribution in [2.24, 2.45) is 10.7 Å². The van der Waals surface area contributed by atoms with Crippen LogP contribution in [0.5, 0.6) is 11.5 Å². The van der Waals surface area contributed by atoms with Crippen LogP contribution in [0, 0.1) is 0 Å². The lowest BCUT2D eigenvalue weighted by molar-refractivity contribution is -0.274. The molecule has 0 aromatic heterocycles. The zero-order valence-electron chi connectivity index (χ0n) is 14.1. The largest absolute Gasteiger partial charge is 0.573 e. The third-order valence-corrected chi connectivity index (χ3v) is 3.13. The molecule has 3 N–H and O–H groups in total. The molecular weight excluding hydrogens is 392 g/mol. The molecule has 2 aromatic rings. The van der Waals surface area contributed by atoms with Crippen molar-refractivity contribution in [1.82, 2.24) is 0 Å². The molecule has 0 heterocycles. The van der Waals surface area contributed by atoms with Crippen molar-refractivity contribution in [2.75, 3.05) is 11.9 Å². The van der Waals surface area contributed by atoms with Crippen LogP contribution in [0.4, 0.5) is 32.0 Å². The number of guanidine groups is 1. The zero-order valence-corrected chi connectivity index (χ0v) is 14.1. The molecule has 0 saturated carbocycles. The minimum absolute atomic E-state index is 0.0306. The molecule has 0 amide bonds. The van der Waals surface area contributed by atoms with E-state index in [0.717, 1.165) is 6.07 Å². The standard InChI is InChI=1S/C17H15F6N3O2/c18-16(19,20)10-27-12-7-5-11(6-8-12)9-25-15(24)26-13-3-1-2-4-14(13)28-17(21,22)23/h1-8H,9-10H2,(H3,24,25,26). The van der Waals surface area contributed by atoms with E-state index in [9.17, 15) is 26.3 Å². The topological polar surface area (TPSA) is 68.9 Å². The van der Waals surface area contributed by atoms with E-state index in [-0.39, 0.29) is 23.9 Å². The molecule has 152 valence electrons. The summed E-state index contributed by atoms with van der Waals surface area (Å²) in [5.74, 6) is -0.607. The van der Waals surface area contributed by atoms with Crippen molar-refractivity contribution in [2.45, 2.75) is 19.1 Å². The molecule has 11 heteroatoms. The number of anilines is 1. The lowest BCUT2D eigenvalue weighted by atomic mass is 10.2. The van der Waals surface area contributed by atoms with Gasteiger partial charge in [-0.25, -0.2) is 4.99 Å². The number of aliphatic imine (C=N–C) groups is 1. The fourth-order valence-corrected chi connectivity index (χ4v) is 1.99. The summed E-state index contributed by atoms with van der Waals surface area (Å²) in [6.07, 6.45) is -9.30. The molecule has 28 heavy (non-hydrogen) atoms. The number of nitrogens with two attached hydrogens (primary N) is 1. The van der Waals surface area contributed by atoms with E-state index in [0.29, 0.717) is 5.56 Å². The number of nitrogens with zero attached hydrogens (tertiary/aromatic N) is 1. The smallest absolute Gasteiger partial charge is 0.484 e. The number of benzene rings is 2. The van der Waals surface area contributed by atoms with E-state index in [2.05, 4.69) is 19.8 Å². The van der Waals surface area contributed by atoms with E-state index in [4.69, 9.17) is 5.73 Å². The maximum Gasteiger partial charge on any atom is 0.573 e. The number of ether oxygens (including phenoxy) is 2. The first-order valence-corrected chi connectivity index (χ1v) is 7.72. The summed E-state index contributed by atoms with van der Waals surface area (Å²) in [4.78, 5) is 3.97. The van der Waals surface area contributed by atoms with Crippen molar-refractivity contribution in [3.63, 3.8) is 0 Å². The van der Waals surface area contributed by atoms with E-state index in [1.54, 1.807) is 0 Å². The van der Waals surface area contributed by atoms with E-state index >= 15 is 0 Å². The molecule has 5 nitrogen and oxygen atoms in total. The fourth-order valence-electron chi connectivity index (χ4n) is 1.99. The minimum atomic E-state index is -4.86. The van der Waals surface area contributed by atoms with E-state index in [1.165, 1.54) is 42.5 Å². The number of hydrogen-bond acceptors (Lipinski definition) is 3. The number of para-hydroxylation sites is 2. The molecule has 0 aliphatic carbocycles. The van der Waals surface area contributed by atoms with E-state index < -0.39 is 24.9 Å². The second-order valence-corrected chi connectivity index (χ2v) is 5.42. The Bertz CT molecular complexity index is 804. The maximum absolute atomic E-state index is 12.4. The van der Waals surface area contributed by atoms with Crippen molar-refractivity contribution < 1.29 is 35.8 Å². The second-order valence-electron chi connectivity index (χ2n) is 5.42. The van der Waals surface area contributed by atoms with Crippen LogP contribution in [0.15, 0.2) is 53.5 Å². The summed E-state index contributed by atoms with van der Waals surface area (Å²) in [5.41, 5.74) is 6.23. The fraction of sp³-hybridized carbons (Fsp3) is 0.235. The van der Waals surface area contributed by atoms with Gasteiger partial charge in [-0.3, -0.25) is 0 Å². The number of alkyl halides is 6. The Hall–Kier alpha value is -3.11. The third-order valence-electron chi connectivity index (χ3n) is 3.13. The highest BCUT2D eigenvalue weighted by atomic mass is 19.4. The predicted molar refractivity (Wildman–Crippen MR) is 90.1 cm³/mol. The molecule has 0 atom stereocenters. The van der Waals surface area contributed by atoms with Gasteiger partial charge in [-0.2, -0.15) is 13.2 Å². The lowest BCUT2D eigenvalue weighted by Gasteiger charge is -2.14. The highest BCUT2D eigenvalue weighted by molar-refractivity contribution is 5.93. The van der Waals surface area contributed by atoms with Gasteiger partial charge >= 0.3 is 12.5 Å². The summed E-state index contributed by atoms with van der Waals surface area (Å²) in [6, 6.07) is 10.9. The van der Waals surface area contributed by atoms with Crippen LogP contribution in [0.2, 0.25) is 0 Å². The van der Waals surface area contributed by atoms with Gasteiger partial charge in [0, 0.05) is 0 Å². The van der Waals surface area contributed by atoms with Gasteiger partial charge in [0.2, 0.25) is 0 Å². The predicted octanol–water partition coefficient (Wildman–Crippen LogP) is 4.45. The SMILES string of the molecule is NC(=NCc1ccc(OCC(F)(F)F)cc1)Nc1ccccc1OC(F)(F)F. The van der Waals surface area contributed by atoms with E-state index in [1.807, 2.05) is 0 Å². The van der Waals surface area contributed by atoms with Gasteiger partial charge in [-0.1, -0.05) is 24.3 Å². The Morgan fingerprint density at radius 3 is 2.21 bits per heavy atom. The van der Waals surface area contributed by atoms with Gasteiger partial charge in [0.25, 0.3) is 0 Å². The maximum atomic E-state index is 12.4. The second kappa shape index (κ2) is 8.72. The van der Waals surface area contributed by atoms with Crippen LogP contribution < -0.4 is 20.5 Å². The molecule has 0 aliphatic rings. The monoisotopic (exact) mass is 407 g/mol. The highest BCUT2D eigenvalue weighted by Crippen LogP contribution is 2.29. The molecule has 0 unspecified atom stereocenters. The Morgan fingerprint density at radius 1 is 0.964 bits per heavy atom. The molecule has 0 fully saturated rings. The molecule has 0 aliphatic heterocycles. The summed E-state index contributed by atoms with van der Waals surface area (Å²) in [7, 11) is 0. The number of halogens is 6. The van der Waals surface area contributed by atoms with Crippen LogP contribution in [-0.2, 0) is 6.54 Å². The van der Waals surface area contributed by atoms with Crippen LogP contribution >= 0.6 is 0 Å². The average Bonchev–Trinajstić information content (AvgIpc) is 2.59. The Kier molecular flexibility index (Phi) is 6.60. The van der Waals surface area contributed by atoms with Crippen LogP contribution in [0.3, 0.4) is 0 Å². The summed E-state index contributed by atoms with van der Waals surface area (Å²) in [6.45, 7) is -1.36.